The molecule has 2 aromatic heterocycles. The number of nitrogens with one attached hydrogen (secondary N) is 1. The van der Waals surface area contributed by atoms with Gasteiger partial charge in [-0.3, -0.25) is 9.67 Å². The van der Waals surface area contributed by atoms with E-state index in [4.69, 9.17) is 0 Å². The van der Waals surface area contributed by atoms with E-state index in [9.17, 15) is 8.42 Å². The number of rotatable bonds is 4. The molecule has 0 aromatic carbocycles. The van der Waals surface area contributed by atoms with Crippen LogP contribution in [0.4, 0.5) is 0 Å². The third kappa shape index (κ3) is 3.40. The molecule has 0 saturated carbocycles. The van der Waals surface area contributed by atoms with E-state index in [1.54, 1.807) is 17.9 Å². The summed E-state index contributed by atoms with van der Waals surface area (Å²) < 4.78 is 29.0. The zero-order chi connectivity index (χ0) is 14.0. The quantitative estimate of drug-likeness (QED) is 0.908. The summed E-state index contributed by atoms with van der Waals surface area (Å²) in [5.41, 5.74) is 1.64. The maximum atomic E-state index is 12.1. The van der Waals surface area contributed by atoms with E-state index in [0.717, 1.165) is 11.3 Å². The van der Waals surface area contributed by atoms with Crippen molar-refractivity contribution in [3.05, 3.63) is 40.4 Å². The molecule has 0 radical (unpaired) electrons. The van der Waals surface area contributed by atoms with Crippen molar-refractivity contribution in [2.24, 2.45) is 7.05 Å². The van der Waals surface area contributed by atoms with Crippen LogP contribution in [0.1, 0.15) is 11.3 Å². The molecule has 0 unspecified atom stereocenters. The Balaban J connectivity index is 2.16. The van der Waals surface area contributed by atoms with Crippen molar-refractivity contribution in [1.82, 2.24) is 19.5 Å². The number of halogens is 1. The predicted molar refractivity (Wildman–Crippen MR) is 73.9 cm³/mol. The molecule has 0 aliphatic carbocycles. The van der Waals surface area contributed by atoms with E-state index >= 15 is 0 Å². The number of aryl methyl sites for hydroxylation is 2. The first-order chi connectivity index (χ1) is 8.88. The third-order valence-corrected chi connectivity index (χ3v) is 4.36. The summed E-state index contributed by atoms with van der Waals surface area (Å²) in [6.45, 7) is 2.04. The maximum Gasteiger partial charge on any atom is 0.242 e. The Kier molecular flexibility index (Phi) is 4.02. The highest BCUT2D eigenvalue weighted by molar-refractivity contribution is 9.10. The normalized spacial score (nSPS) is 11.7. The second-order valence-corrected chi connectivity index (χ2v) is 6.76. The minimum absolute atomic E-state index is 0.128. The van der Waals surface area contributed by atoms with Crippen molar-refractivity contribution in [3.63, 3.8) is 0 Å². The molecule has 2 heterocycles. The lowest BCUT2D eigenvalue weighted by atomic mass is 10.3. The van der Waals surface area contributed by atoms with Gasteiger partial charge in [0.15, 0.2) is 0 Å². The highest BCUT2D eigenvalue weighted by Crippen LogP contribution is 2.14. The van der Waals surface area contributed by atoms with Crippen molar-refractivity contribution in [3.8, 4) is 0 Å². The Morgan fingerprint density at radius 1 is 1.42 bits per heavy atom. The molecule has 0 aliphatic rings. The molecule has 102 valence electrons. The topological polar surface area (TPSA) is 76.9 Å². The molecule has 8 heteroatoms. The molecule has 0 fully saturated rings. The molecule has 0 saturated heterocycles. The summed E-state index contributed by atoms with van der Waals surface area (Å²) in [6.07, 6.45) is 4.63. The van der Waals surface area contributed by atoms with Crippen molar-refractivity contribution in [2.45, 2.75) is 18.4 Å². The van der Waals surface area contributed by atoms with E-state index in [-0.39, 0.29) is 11.4 Å². The van der Waals surface area contributed by atoms with Crippen molar-refractivity contribution in [2.75, 3.05) is 0 Å². The van der Waals surface area contributed by atoms with Crippen LogP contribution < -0.4 is 4.72 Å². The van der Waals surface area contributed by atoms with Crippen LogP contribution in [0, 0.1) is 6.92 Å². The van der Waals surface area contributed by atoms with Crippen molar-refractivity contribution < 1.29 is 8.42 Å². The van der Waals surface area contributed by atoms with E-state index in [0.29, 0.717) is 4.47 Å². The molecule has 0 bridgehead atoms. The third-order valence-electron chi connectivity index (χ3n) is 2.56. The van der Waals surface area contributed by atoms with Crippen LogP contribution in [0.25, 0.3) is 0 Å². The van der Waals surface area contributed by atoms with Gasteiger partial charge in [-0.1, -0.05) is 0 Å². The minimum Gasteiger partial charge on any atom is -0.275 e. The smallest absolute Gasteiger partial charge is 0.242 e. The average molecular weight is 345 g/mol. The second kappa shape index (κ2) is 5.40. The number of pyridine rings is 1. The summed E-state index contributed by atoms with van der Waals surface area (Å²) in [7, 11) is -1.77. The van der Waals surface area contributed by atoms with Crippen LogP contribution in [0.3, 0.4) is 0 Å². The van der Waals surface area contributed by atoms with Gasteiger partial charge in [0.05, 0.1) is 5.69 Å². The van der Waals surface area contributed by atoms with Gasteiger partial charge in [0.1, 0.15) is 4.90 Å². The van der Waals surface area contributed by atoms with Gasteiger partial charge >= 0.3 is 0 Å². The van der Waals surface area contributed by atoms with Crippen LogP contribution in [0.2, 0.25) is 0 Å². The highest BCUT2D eigenvalue weighted by Gasteiger charge is 2.15. The number of nitrogens with zero attached hydrogens (tertiary/aromatic N) is 3. The van der Waals surface area contributed by atoms with E-state index in [2.05, 4.69) is 30.7 Å². The van der Waals surface area contributed by atoms with Gasteiger partial charge in [-0.15, -0.1) is 0 Å². The van der Waals surface area contributed by atoms with E-state index < -0.39 is 10.0 Å². The molecule has 2 aromatic rings. The minimum atomic E-state index is -3.57. The number of sulfonamides is 1. The molecule has 0 spiro atoms. The first-order valence-electron chi connectivity index (χ1n) is 5.48. The Morgan fingerprint density at radius 2 is 2.16 bits per heavy atom. The molecule has 0 amide bonds. The summed E-state index contributed by atoms with van der Waals surface area (Å²) >= 11 is 3.20. The fraction of sp³-hybridized carbons (Fsp3) is 0.273. The summed E-state index contributed by atoms with van der Waals surface area (Å²) in [6, 6.07) is 1.51. The standard InChI is InChI=1S/C11H13BrN4O2S/c1-8-9(7-16(2)15-8)4-14-19(17,18)11-3-10(12)5-13-6-11/h3,5-7,14H,4H2,1-2H3. The van der Waals surface area contributed by atoms with Crippen LogP contribution >= 0.6 is 15.9 Å². The molecule has 19 heavy (non-hydrogen) atoms. The van der Waals surface area contributed by atoms with Crippen LogP contribution in [0.5, 0.6) is 0 Å². The zero-order valence-corrected chi connectivity index (χ0v) is 12.9. The number of hydrogen-bond donors (Lipinski definition) is 1. The van der Waals surface area contributed by atoms with Gasteiger partial charge in [0.25, 0.3) is 0 Å². The van der Waals surface area contributed by atoms with E-state index in [1.165, 1.54) is 18.5 Å². The predicted octanol–water partition coefficient (Wildman–Crippen LogP) is 1.36. The zero-order valence-electron chi connectivity index (χ0n) is 10.5. The maximum absolute atomic E-state index is 12.1. The Morgan fingerprint density at radius 3 is 2.74 bits per heavy atom. The van der Waals surface area contributed by atoms with Gasteiger partial charge in [0.2, 0.25) is 10.0 Å². The fourth-order valence-corrected chi connectivity index (χ4v) is 3.13. The van der Waals surface area contributed by atoms with Crippen LogP contribution in [-0.2, 0) is 23.6 Å². The molecule has 0 aliphatic heterocycles. The molecular formula is C11H13BrN4O2S. The summed E-state index contributed by atoms with van der Waals surface area (Å²) in [5.74, 6) is 0. The highest BCUT2D eigenvalue weighted by atomic mass is 79.9. The van der Waals surface area contributed by atoms with Gasteiger partial charge in [-0.2, -0.15) is 5.10 Å². The number of hydrogen-bond acceptors (Lipinski definition) is 4. The summed E-state index contributed by atoms with van der Waals surface area (Å²) in [4.78, 5) is 3.97. The van der Waals surface area contributed by atoms with Gasteiger partial charge in [0, 0.05) is 42.2 Å². The monoisotopic (exact) mass is 344 g/mol. The van der Waals surface area contributed by atoms with Crippen molar-refractivity contribution >= 4 is 26.0 Å². The Labute approximate surface area is 120 Å². The van der Waals surface area contributed by atoms with Crippen LogP contribution in [0.15, 0.2) is 34.0 Å². The fourth-order valence-electron chi connectivity index (χ4n) is 1.62. The lowest BCUT2D eigenvalue weighted by Gasteiger charge is -2.06. The van der Waals surface area contributed by atoms with Gasteiger partial charge in [-0.05, 0) is 28.9 Å². The molecule has 6 nitrogen and oxygen atoms in total. The lowest BCUT2D eigenvalue weighted by Crippen LogP contribution is -2.23. The number of aromatic nitrogens is 3. The van der Waals surface area contributed by atoms with Crippen molar-refractivity contribution in [1.29, 1.82) is 0 Å². The molecule has 1 N–H and O–H groups in total. The molecule has 2 rings (SSSR count). The van der Waals surface area contributed by atoms with Crippen LogP contribution in [-0.4, -0.2) is 23.2 Å². The molecule has 0 atom stereocenters. The first-order valence-corrected chi connectivity index (χ1v) is 7.75. The SMILES string of the molecule is Cc1nn(C)cc1CNS(=O)(=O)c1cncc(Br)c1. The van der Waals surface area contributed by atoms with Gasteiger partial charge in [-0.25, -0.2) is 13.1 Å². The molecular weight excluding hydrogens is 332 g/mol. The van der Waals surface area contributed by atoms with E-state index in [1.807, 2.05) is 6.92 Å². The first kappa shape index (κ1) is 14.2. The average Bonchev–Trinajstić information content (AvgIpc) is 2.65. The lowest BCUT2D eigenvalue weighted by molar-refractivity contribution is 0.580. The van der Waals surface area contributed by atoms with Gasteiger partial charge < -0.3 is 0 Å². The Hall–Kier alpha value is -1.25. The summed E-state index contributed by atoms with van der Waals surface area (Å²) in [5, 5.41) is 4.16. The Bertz CT molecular complexity index is 696. The second-order valence-electron chi connectivity index (χ2n) is 4.08. The largest absolute Gasteiger partial charge is 0.275 e.